The number of likely N-dealkylation sites (N-methyl/N-ethyl adjacent to an activating group) is 1. The minimum Gasteiger partial charge on any atom is -0.318 e. The number of benzene rings is 1. The minimum absolute atomic E-state index is 0.0935. The van der Waals surface area contributed by atoms with Crippen molar-refractivity contribution < 1.29 is 8.42 Å². The van der Waals surface area contributed by atoms with E-state index in [0.29, 0.717) is 11.4 Å². The number of aryl methyl sites for hydroxylation is 2. The number of nitrogens with zero attached hydrogens (tertiary/aromatic N) is 1. The Balaban J connectivity index is 1.91. The molecule has 1 saturated heterocycles. The molecule has 0 radical (unpaired) electrons. The Morgan fingerprint density at radius 3 is 2.71 bits per heavy atom. The van der Waals surface area contributed by atoms with E-state index in [9.17, 15) is 8.42 Å². The number of hydrogen-bond donors (Lipinski definition) is 1. The normalized spacial score (nSPS) is 23.2. The third-order valence-corrected chi connectivity index (χ3v) is 6.64. The van der Waals surface area contributed by atoms with Crippen molar-refractivity contribution in [2.45, 2.75) is 49.5 Å². The van der Waals surface area contributed by atoms with Crippen molar-refractivity contribution >= 4 is 10.0 Å². The molecule has 0 bridgehead atoms. The summed E-state index contributed by atoms with van der Waals surface area (Å²) in [6.07, 6.45) is 6.39. The molecule has 1 fully saturated rings. The van der Waals surface area contributed by atoms with Crippen LogP contribution in [0.2, 0.25) is 0 Å². The number of hydrogen-bond acceptors (Lipinski definition) is 3. The largest absolute Gasteiger partial charge is 0.318 e. The van der Waals surface area contributed by atoms with Gasteiger partial charge in [-0.15, -0.1) is 0 Å². The molecule has 1 aliphatic carbocycles. The zero-order valence-electron chi connectivity index (χ0n) is 12.6. The van der Waals surface area contributed by atoms with Gasteiger partial charge < -0.3 is 5.32 Å². The van der Waals surface area contributed by atoms with Crippen molar-refractivity contribution in [3.05, 3.63) is 29.3 Å². The van der Waals surface area contributed by atoms with Crippen LogP contribution in [0.15, 0.2) is 23.1 Å². The van der Waals surface area contributed by atoms with Crippen LogP contribution in [0.4, 0.5) is 0 Å². The van der Waals surface area contributed by atoms with Crippen molar-refractivity contribution in [3.8, 4) is 0 Å². The Kier molecular flexibility index (Phi) is 4.33. The zero-order valence-corrected chi connectivity index (χ0v) is 13.5. The molecule has 1 aromatic rings. The van der Waals surface area contributed by atoms with Gasteiger partial charge in [-0.05, 0) is 68.8 Å². The predicted molar refractivity (Wildman–Crippen MR) is 83.9 cm³/mol. The first-order valence-electron chi connectivity index (χ1n) is 7.91. The third-order valence-electron chi connectivity index (χ3n) is 4.69. The molecular weight excluding hydrogens is 284 g/mol. The van der Waals surface area contributed by atoms with E-state index in [0.717, 1.165) is 32.2 Å². The molecule has 1 heterocycles. The summed E-state index contributed by atoms with van der Waals surface area (Å²) < 4.78 is 27.5. The summed E-state index contributed by atoms with van der Waals surface area (Å²) in [4.78, 5) is 0.478. The van der Waals surface area contributed by atoms with Gasteiger partial charge in [0.25, 0.3) is 0 Å². The summed E-state index contributed by atoms with van der Waals surface area (Å²) in [6, 6.07) is 5.83. The van der Waals surface area contributed by atoms with Crippen LogP contribution >= 0.6 is 0 Å². The highest BCUT2D eigenvalue weighted by Gasteiger charge is 2.35. The van der Waals surface area contributed by atoms with Gasteiger partial charge in [0.05, 0.1) is 4.90 Å². The van der Waals surface area contributed by atoms with E-state index >= 15 is 0 Å². The van der Waals surface area contributed by atoms with E-state index in [1.807, 2.05) is 19.2 Å². The fourth-order valence-corrected chi connectivity index (χ4v) is 5.31. The van der Waals surface area contributed by atoms with E-state index in [1.165, 1.54) is 24.0 Å². The topological polar surface area (TPSA) is 49.4 Å². The molecule has 4 nitrogen and oxygen atoms in total. The maximum Gasteiger partial charge on any atom is 0.243 e. The van der Waals surface area contributed by atoms with Gasteiger partial charge in [-0.3, -0.25) is 0 Å². The lowest BCUT2D eigenvalue weighted by Crippen LogP contribution is -2.40. The van der Waals surface area contributed by atoms with E-state index in [2.05, 4.69) is 5.32 Å². The van der Waals surface area contributed by atoms with Gasteiger partial charge in [0.2, 0.25) is 10.0 Å². The second-order valence-electron chi connectivity index (χ2n) is 6.11. The molecule has 1 aromatic carbocycles. The van der Waals surface area contributed by atoms with E-state index in [-0.39, 0.29) is 6.04 Å². The SMILES string of the molecule is CNCC1CCCN1S(=O)(=O)c1ccc2c(c1)CCCC2. The summed E-state index contributed by atoms with van der Waals surface area (Å²) in [5.41, 5.74) is 2.56. The molecule has 3 rings (SSSR count). The van der Waals surface area contributed by atoms with Gasteiger partial charge >= 0.3 is 0 Å². The van der Waals surface area contributed by atoms with Crippen LogP contribution in [0.1, 0.15) is 36.8 Å². The molecule has 0 aromatic heterocycles. The van der Waals surface area contributed by atoms with Crippen molar-refractivity contribution in [2.75, 3.05) is 20.1 Å². The zero-order chi connectivity index (χ0) is 14.9. The van der Waals surface area contributed by atoms with Gasteiger partial charge in [0.1, 0.15) is 0 Å². The quantitative estimate of drug-likeness (QED) is 0.925. The van der Waals surface area contributed by atoms with Crippen LogP contribution < -0.4 is 5.32 Å². The van der Waals surface area contributed by atoms with E-state index in [1.54, 1.807) is 10.4 Å². The lowest BCUT2D eigenvalue weighted by Gasteiger charge is -2.25. The van der Waals surface area contributed by atoms with Crippen molar-refractivity contribution in [2.24, 2.45) is 0 Å². The highest BCUT2D eigenvalue weighted by Crippen LogP contribution is 2.29. The molecular formula is C16H24N2O2S. The van der Waals surface area contributed by atoms with E-state index in [4.69, 9.17) is 0 Å². The lowest BCUT2D eigenvalue weighted by molar-refractivity contribution is 0.379. The molecule has 1 aliphatic heterocycles. The lowest BCUT2D eigenvalue weighted by atomic mass is 9.92. The molecule has 116 valence electrons. The van der Waals surface area contributed by atoms with Crippen LogP contribution in [0.5, 0.6) is 0 Å². The highest BCUT2D eigenvalue weighted by molar-refractivity contribution is 7.89. The Bertz CT molecular complexity index is 613. The molecule has 0 saturated carbocycles. The molecule has 1 atom stereocenters. The van der Waals surface area contributed by atoms with Gasteiger partial charge in [-0.1, -0.05) is 6.07 Å². The van der Waals surface area contributed by atoms with Crippen LogP contribution in [-0.2, 0) is 22.9 Å². The second-order valence-corrected chi connectivity index (χ2v) is 8.00. The molecule has 21 heavy (non-hydrogen) atoms. The average Bonchev–Trinajstić information content (AvgIpc) is 2.96. The number of sulfonamides is 1. The van der Waals surface area contributed by atoms with Crippen LogP contribution in [0, 0.1) is 0 Å². The number of rotatable bonds is 4. The van der Waals surface area contributed by atoms with Crippen LogP contribution in [0.3, 0.4) is 0 Å². The molecule has 5 heteroatoms. The summed E-state index contributed by atoms with van der Waals surface area (Å²) in [6.45, 7) is 1.37. The molecule has 1 N–H and O–H groups in total. The number of fused-ring (bicyclic) bond motifs is 1. The van der Waals surface area contributed by atoms with Gasteiger partial charge in [-0.2, -0.15) is 4.31 Å². The van der Waals surface area contributed by atoms with Gasteiger partial charge in [0.15, 0.2) is 0 Å². The smallest absolute Gasteiger partial charge is 0.243 e. The maximum atomic E-state index is 12.9. The third kappa shape index (κ3) is 2.87. The first-order valence-corrected chi connectivity index (χ1v) is 9.35. The fraction of sp³-hybridized carbons (Fsp3) is 0.625. The van der Waals surface area contributed by atoms with Crippen LogP contribution in [0.25, 0.3) is 0 Å². The minimum atomic E-state index is -3.35. The maximum absolute atomic E-state index is 12.9. The Labute approximate surface area is 127 Å². The fourth-order valence-electron chi connectivity index (χ4n) is 3.57. The van der Waals surface area contributed by atoms with Crippen molar-refractivity contribution in [1.29, 1.82) is 0 Å². The molecule has 0 spiro atoms. The molecule has 0 amide bonds. The Morgan fingerprint density at radius 1 is 1.19 bits per heavy atom. The van der Waals surface area contributed by atoms with E-state index < -0.39 is 10.0 Å². The van der Waals surface area contributed by atoms with Crippen LogP contribution in [-0.4, -0.2) is 38.9 Å². The summed E-state index contributed by atoms with van der Waals surface area (Å²) in [5.74, 6) is 0. The molecule has 2 aliphatic rings. The van der Waals surface area contributed by atoms with Crippen molar-refractivity contribution in [1.82, 2.24) is 9.62 Å². The standard InChI is InChI=1S/C16H24N2O2S/c1-17-12-15-7-4-10-18(15)21(19,20)16-9-8-13-5-2-3-6-14(13)11-16/h8-9,11,15,17H,2-7,10,12H2,1H3. The summed E-state index contributed by atoms with van der Waals surface area (Å²) in [5, 5.41) is 3.11. The average molecular weight is 308 g/mol. The van der Waals surface area contributed by atoms with Crippen molar-refractivity contribution in [3.63, 3.8) is 0 Å². The first kappa shape index (κ1) is 15.0. The molecule has 1 unspecified atom stereocenters. The summed E-state index contributed by atoms with van der Waals surface area (Å²) in [7, 11) is -1.47. The first-order chi connectivity index (χ1) is 10.1. The van der Waals surface area contributed by atoms with Gasteiger partial charge in [-0.25, -0.2) is 8.42 Å². The number of nitrogens with one attached hydrogen (secondary N) is 1. The highest BCUT2D eigenvalue weighted by atomic mass is 32.2. The second kappa shape index (κ2) is 6.07. The predicted octanol–water partition coefficient (Wildman–Crippen LogP) is 1.94. The Morgan fingerprint density at radius 2 is 1.95 bits per heavy atom. The summed E-state index contributed by atoms with van der Waals surface area (Å²) >= 11 is 0. The monoisotopic (exact) mass is 308 g/mol. The Hall–Kier alpha value is -0.910. The van der Waals surface area contributed by atoms with Gasteiger partial charge in [0, 0.05) is 19.1 Å².